The van der Waals surface area contributed by atoms with Crippen LogP contribution in [0, 0.1) is 0 Å². The van der Waals surface area contributed by atoms with Crippen molar-refractivity contribution in [2.45, 2.75) is 6.54 Å². The normalized spacial score (nSPS) is 15.4. The van der Waals surface area contributed by atoms with Gasteiger partial charge < -0.3 is 9.42 Å². The molecule has 0 atom stereocenters. The number of nitrogens with zero attached hydrogens (tertiary/aromatic N) is 5. The van der Waals surface area contributed by atoms with Gasteiger partial charge in [-0.2, -0.15) is 4.98 Å². The number of rotatable bonds is 4. The molecule has 1 fully saturated rings. The zero-order chi connectivity index (χ0) is 17.9. The fraction of sp³-hybridized carbons (Fsp3) is 0.278. The zero-order valence-corrected chi connectivity index (χ0v) is 15.5. The monoisotopic (exact) mass is 389 g/mol. The third-order valence-corrected chi connectivity index (χ3v) is 4.84. The maximum atomic E-state index is 5.98. The van der Waals surface area contributed by atoms with Crippen molar-refractivity contribution in [3.63, 3.8) is 0 Å². The topological polar surface area (TPSA) is 58.3 Å². The largest absolute Gasteiger partial charge is 0.369 e. The fourth-order valence-electron chi connectivity index (χ4n) is 2.98. The lowest BCUT2D eigenvalue weighted by Crippen LogP contribution is -2.46. The first kappa shape index (κ1) is 17.3. The first-order valence-corrected chi connectivity index (χ1v) is 9.10. The first-order chi connectivity index (χ1) is 12.7. The molecule has 2 aromatic heterocycles. The van der Waals surface area contributed by atoms with Gasteiger partial charge in [0.25, 0.3) is 0 Å². The van der Waals surface area contributed by atoms with Crippen molar-refractivity contribution in [1.82, 2.24) is 20.0 Å². The molecule has 0 bridgehead atoms. The van der Waals surface area contributed by atoms with E-state index in [0.29, 0.717) is 28.4 Å². The van der Waals surface area contributed by atoms with Crippen LogP contribution in [0.2, 0.25) is 10.2 Å². The second kappa shape index (κ2) is 7.61. The van der Waals surface area contributed by atoms with Crippen molar-refractivity contribution in [2.24, 2.45) is 0 Å². The smallest absolute Gasteiger partial charge is 0.241 e. The van der Waals surface area contributed by atoms with Crippen molar-refractivity contribution in [3.8, 4) is 11.4 Å². The Hall–Kier alpha value is -2.15. The van der Waals surface area contributed by atoms with Crippen molar-refractivity contribution in [3.05, 3.63) is 58.7 Å². The number of piperazine rings is 1. The average Bonchev–Trinajstić information content (AvgIpc) is 3.11. The van der Waals surface area contributed by atoms with E-state index >= 15 is 0 Å². The molecule has 0 radical (unpaired) electrons. The Morgan fingerprint density at radius 1 is 1.00 bits per heavy atom. The highest BCUT2D eigenvalue weighted by molar-refractivity contribution is 6.30. The van der Waals surface area contributed by atoms with E-state index in [2.05, 4.69) is 24.9 Å². The van der Waals surface area contributed by atoms with Crippen LogP contribution >= 0.6 is 23.2 Å². The highest BCUT2D eigenvalue weighted by Crippen LogP contribution is 2.21. The molecule has 0 unspecified atom stereocenters. The molecule has 4 rings (SSSR count). The van der Waals surface area contributed by atoms with Crippen LogP contribution in [0.1, 0.15) is 5.89 Å². The van der Waals surface area contributed by atoms with Crippen molar-refractivity contribution < 1.29 is 4.52 Å². The molecule has 1 aliphatic rings. The number of hydrogen-bond donors (Lipinski definition) is 0. The molecule has 3 heterocycles. The molecule has 0 saturated carbocycles. The number of hydrogen-bond acceptors (Lipinski definition) is 6. The molecule has 0 amide bonds. The summed E-state index contributed by atoms with van der Waals surface area (Å²) in [5.41, 5.74) is 2.00. The molecule has 1 saturated heterocycles. The van der Waals surface area contributed by atoms with Gasteiger partial charge in [-0.25, -0.2) is 4.98 Å². The Morgan fingerprint density at radius 2 is 1.77 bits per heavy atom. The summed E-state index contributed by atoms with van der Waals surface area (Å²) >= 11 is 11.9. The van der Waals surface area contributed by atoms with Crippen LogP contribution in [0.25, 0.3) is 11.4 Å². The second-order valence-electron chi connectivity index (χ2n) is 6.12. The summed E-state index contributed by atoms with van der Waals surface area (Å²) in [6.07, 6.45) is 1.74. The Morgan fingerprint density at radius 3 is 2.50 bits per heavy atom. The number of benzene rings is 1. The van der Waals surface area contributed by atoms with Crippen LogP contribution < -0.4 is 4.90 Å². The molecular weight excluding hydrogens is 373 g/mol. The van der Waals surface area contributed by atoms with E-state index in [1.54, 1.807) is 6.20 Å². The predicted molar refractivity (Wildman–Crippen MR) is 101 cm³/mol. The molecule has 0 spiro atoms. The lowest BCUT2D eigenvalue weighted by molar-refractivity contribution is 0.215. The molecule has 26 heavy (non-hydrogen) atoms. The maximum absolute atomic E-state index is 5.98. The summed E-state index contributed by atoms with van der Waals surface area (Å²) in [4.78, 5) is 13.1. The fourth-order valence-corrected chi connectivity index (χ4v) is 3.27. The molecule has 3 aromatic rings. The van der Waals surface area contributed by atoms with Gasteiger partial charge in [0.2, 0.25) is 11.7 Å². The van der Waals surface area contributed by atoms with Gasteiger partial charge in [-0.15, -0.1) is 0 Å². The van der Waals surface area contributed by atoms with Crippen LogP contribution in [-0.2, 0) is 6.54 Å². The summed E-state index contributed by atoms with van der Waals surface area (Å²) < 4.78 is 5.40. The van der Waals surface area contributed by atoms with Crippen molar-refractivity contribution in [2.75, 3.05) is 31.1 Å². The summed E-state index contributed by atoms with van der Waals surface area (Å²) in [6.45, 7) is 4.31. The molecule has 0 aliphatic carbocycles. The number of halogens is 2. The number of aromatic nitrogens is 3. The van der Waals surface area contributed by atoms with Crippen LogP contribution in [-0.4, -0.2) is 46.2 Å². The van der Waals surface area contributed by atoms with Gasteiger partial charge in [-0.05, 0) is 36.4 Å². The summed E-state index contributed by atoms with van der Waals surface area (Å²) in [6, 6.07) is 11.3. The average molecular weight is 390 g/mol. The minimum absolute atomic E-state index is 0.519. The van der Waals surface area contributed by atoms with E-state index < -0.39 is 0 Å². The SMILES string of the molecule is Clc1ccc(-c2noc(CN3CCN(c4ccnc(Cl)c4)CC3)n2)cc1. The van der Waals surface area contributed by atoms with Gasteiger partial charge in [0.05, 0.1) is 6.54 Å². The Bertz CT molecular complexity index is 875. The highest BCUT2D eigenvalue weighted by Gasteiger charge is 2.20. The molecule has 1 aliphatic heterocycles. The van der Waals surface area contributed by atoms with E-state index in [1.165, 1.54) is 0 Å². The summed E-state index contributed by atoms with van der Waals surface area (Å²) in [5, 5.41) is 5.27. The van der Waals surface area contributed by atoms with Gasteiger partial charge >= 0.3 is 0 Å². The minimum Gasteiger partial charge on any atom is -0.369 e. The van der Waals surface area contributed by atoms with Gasteiger partial charge in [0.15, 0.2) is 0 Å². The maximum Gasteiger partial charge on any atom is 0.241 e. The lowest BCUT2D eigenvalue weighted by Gasteiger charge is -2.35. The standard InChI is InChI=1S/C18H17Cl2N5O/c19-14-3-1-13(2-4-14)18-22-17(26-23-18)12-24-7-9-25(10-8-24)15-5-6-21-16(20)11-15/h1-6,11H,7-10,12H2. The molecule has 6 nitrogen and oxygen atoms in total. The first-order valence-electron chi connectivity index (χ1n) is 8.35. The van der Waals surface area contributed by atoms with Gasteiger partial charge in [0, 0.05) is 48.6 Å². The molecule has 1 aromatic carbocycles. The Balaban J connectivity index is 1.35. The summed E-state index contributed by atoms with van der Waals surface area (Å²) in [5.74, 6) is 1.21. The van der Waals surface area contributed by atoms with Crippen LogP contribution in [0.15, 0.2) is 47.1 Å². The number of anilines is 1. The van der Waals surface area contributed by atoms with E-state index in [9.17, 15) is 0 Å². The Labute approximate surface area is 161 Å². The Kier molecular flexibility index (Phi) is 5.06. The van der Waals surface area contributed by atoms with Crippen LogP contribution in [0.4, 0.5) is 5.69 Å². The van der Waals surface area contributed by atoms with Gasteiger partial charge in [0.1, 0.15) is 5.15 Å². The second-order valence-corrected chi connectivity index (χ2v) is 6.94. The predicted octanol–water partition coefficient (Wildman–Crippen LogP) is 3.76. The molecule has 8 heteroatoms. The van der Waals surface area contributed by atoms with Crippen LogP contribution in [0.5, 0.6) is 0 Å². The van der Waals surface area contributed by atoms with Crippen molar-refractivity contribution in [1.29, 1.82) is 0 Å². The van der Waals surface area contributed by atoms with Crippen LogP contribution in [0.3, 0.4) is 0 Å². The molecule has 0 N–H and O–H groups in total. The lowest BCUT2D eigenvalue weighted by atomic mass is 10.2. The minimum atomic E-state index is 0.519. The van der Waals surface area contributed by atoms with E-state index in [0.717, 1.165) is 37.4 Å². The third kappa shape index (κ3) is 3.98. The van der Waals surface area contributed by atoms with Crippen molar-refractivity contribution >= 4 is 28.9 Å². The van der Waals surface area contributed by atoms with E-state index in [-0.39, 0.29) is 0 Å². The zero-order valence-electron chi connectivity index (χ0n) is 14.0. The quantitative estimate of drug-likeness (QED) is 0.633. The highest BCUT2D eigenvalue weighted by atomic mass is 35.5. The molecule has 134 valence electrons. The van der Waals surface area contributed by atoms with Gasteiger partial charge in [-0.3, -0.25) is 4.90 Å². The van der Waals surface area contributed by atoms with E-state index in [4.69, 9.17) is 27.7 Å². The number of pyridine rings is 1. The molecular formula is C18H17Cl2N5O. The summed E-state index contributed by atoms with van der Waals surface area (Å²) in [7, 11) is 0. The van der Waals surface area contributed by atoms with Gasteiger partial charge in [-0.1, -0.05) is 28.4 Å². The van der Waals surface area contributed by atoms with E-state index in [1.807, 2.05) is 36.4 Å². The third-order valence-electron chi connectivity index (χ3n) is 4.38.